The highest BCUT2D eigenvalue weighted by Gasteiger charge is 2.17. The molecule has 6 nitrogen and oxygen atoms in total. The number of aromatic nitrogens is 2. The molecule has 0 radical (unpaired) electrons. The Morgan fingerprint density at radius 2 is 2.00 bits per heavy atom. The molecule has 1 aliphatic carbocycles. The van der Waals surface area contributed by atoms with Gasteiger partial charge in [0.05, 0.1) is 31.5 Å². The van der Waals surface area contributed by atoms with E-state index in [9.17, 15) is 4.79 Å². The van der Waals surface area contributed by atoms with Gasteiger partial charge < -0.3 is 13.9 Å². The summed E-state index contributed by atoms with van der Waals surface area (Å²) in [6.07, 6.45) is 10.1. The van der Waals surface area contributed by atoms with Gasteiger partial charge in [-0.1, -0.05) is 31.7 Å². The number of hydrogen-bond acceptors (Lipinski definition) is 6. The largest absolute Gasteiger partial charge is 0.493 e. The molecule has 0 N–H and O–H groups in total. The molecule has 1 saturated carbocycles. The lowest BCUT2D eigenvalue weighted by molar-refractivity contribution is -0.117. The van der Waals surface area contributed by atoms with Gasteiger partial charge in [-0.05, 0) is 49.1 Å². The monoisotopic (exact) mass is 434 g/mol. The summed E-state index contributed by atoms with van der Waals surface area (Å²) >= 11 is 0. The Hall–Kier alpha value is -3.15. The Morgan fingerprint density at radius 3 is 2.78 bits per heavy atom. The molecular formula is C26H30N2O4. The summed E-state index contributed by atoms with van der Waals surface area (Å²) in [6, 6.07) is 9.47. The fourth-order valence-electron chi connectivity index (χ4n) is 4.23. The molecule has 2 aromatic heterocycles. The first-order valence-electron chi connectivity index (χ1n) is 11.3. The van der Waals surface area contributed by atoms with Crippen molar-refractivity contribution in [1.82, 2.24) is 9.97 Å². The van der Waals surface area contributed by atoms with Crippen LogP contribution in [0.25, 0.3) is 11.5 Å². The highest BCUT2D eigenvalue weighted by atomic mass is 16.5. The van der Waals surface area contributed by atoms with E-state index in [0.717, 1.165) is 29.2 Å². The van der Waals surface area contributed by atoms with Crippen molar-refractivity contribution < 1.29 is 18.7 Å². The number of oxazole rings is 1. The summed E-state index contributed by atoms with van der Waals surface area (Å²) < 4.78 is 17.2. The van der Waals surface area contributed by atoms with Crippen molar-refractivity contribution >= 4 is 5.78 Å². The summed E-state index contributed by atoms with van der Waals surface area (Å²) in [7, 11) is 1.64. The number of aryl methyl sites for hydroxylation is 1. The maximum Gasteiger partial charge on any atom is 0.226 e. The van der Waals surface area contributed by atoms with Crippen LogP contribution in [0.3, 0.4) is 0 Å². The summed E-state index contributed by atoms with van der Waals surface area (Å²) in [5.41, 5.74) is 3.22. The van der Waals surface area contributed by atoms with E-state index in [2.05, 4.69) is 9.97 Å². The van der Waals surface area contributed by atoms with Crippen LogP contribution in [0.4, 0.5) is 0 Å². The second-order valence-electron chi connectivity index (χ2n) is 8.46. The minimum absolute atomic E-state index is 0.0531. The van der Waals surface area contributed by atoms with E-state index in [1.807, 2.05) is 37.3 Å². The third-order valence-corrected chi connectivity index (χ3v) is 6.08. The fraction of sp³-hybridized carbons (Fsp3) is 0.423. The Kier molecular flexibility index (Phi) is 7.20. The minimum Gasteiger partial charge on any atom is -0.493 e. The van der Waals surface area contributed by atoms with Crippen LogP contribution in [-0.2, 0) is 17.6 Å². The van der Waals surface area contributed by atoms with Gasteiger partial charge in [0.25, 0.3) is 0 Å². The van der Waals surface area contributed by atoms with Crippen molar-refractivity contribution in [2.75, 3.05) is 13.7 Å². The van der Waals surface area contributed by atoms with Crippen LogP contribution in [0.15, 0.2) is 47.2 Å². The molecular weight excluding hydrogens is 404 g/mol. The third-order valence-electron chi connectivity index (χ3n) is 6.08. The highest BCUT2D eigenvalue weighted by molar-refractivity contribution is 5.82. The molecule has 1 aromatic carbocycles. The van der Waals surface area contributed by atoms with Gasteiger partial charge in [0, 0.05) is 18.2 Å². The molecule has 4 rings (SSSR count). The summed E-state index contributed by atoms with van der Waals surface area (Å²) in [4.78, 5) is 21.3. The number of methoxy groups -OCH3 is 1. The van der Waals surface area contributed by atoms with Gasteiger partial charge in [-0.2, -0.15) is 0 Å². The average Bonchev–Trinajstić information content (AvgIpc) is 3.48. The van der Waals surface area contributed by atoms with Gasteiger partial charge in [0.2, 0.25) is 5.89 Å². The Labute approximate surface area is 189 Å². The third kappa shape index (κ3) is 5.55. The van der Waals surface area contributed by atoms with E-state index in [1.54, 1.807) is 19.6 Å². The number of ketones is 1. The van der Waals surface area contributed by atoms with E-state index in [-0.39, 0.29) is 18.6 Å². The maximum absolute atomic E-state index is 12.5. The molecule has 0 atom stereocenters. The van der Waals surface area contributed by atoms with Crippen LogP contribution in [-0.4, -0.2) is 29.5 Å². The van der Waals surface area contributed by atoms with Crippen LogP contribution < -0.4 is 9.47 Å². The van der Waals surface area contributed by atoms with Crippen LogP contribution in [0.1, 0.15) is 49.1 Å². The molecule has 0 aliphatic heterocycles. The van der Waals surface area contributed by atoms with Crippen LogP contribution in [0, 0.1) is 12.8 Å². The van der Waals surface area contributed by atoms with Gasteiger partial charge >= 0.3 is 0 Å². The number of carbonyl (C=O) groups excluding carboxylic acids is 1. The first-order valence-corrected chi connectivity index (χ1v) is 11.3. The van der Waals surface area contributed by atoms with E-state index in [4.69, 9.17) is 13.9 Å². The lowest BCUT2D eigenvalue weighted by atomic mass is 10.1. The second-order valence-corrected chi connectivity index (χ2v) is 8.46. The highest BCUT2D eigenvalue weighted by Crippen LogP contribution is 2.33. The zero-order valence-electron chi connectivity index (χ0n) is 18.8. The maximum atomic E-state index is 12.5. The lowest BCUT2D eigenvalue weighted by Gasteiger charge is -2.13. The Bertz CT molecular complexity index is 1050. The summed E-state index contributed by atoms with van der Waals surface area (Å²) in [5.74, 6) is 2.66. The summed E-state index contributed by atoms with van der Waals surface area (Å²) in [6.45, 7) is 2.63. The van der Waals surface area contributed by atoms with Gasteiger partial charge in [0.15, 0.2) is 11.5 Å². The molecule has 6 heteroatoms. The number of rotatable bonds is 10. The molecule has 0 spiro atoms. The number of ether oxygens (including phenoxy) is 2. The molecule has 0 amide bonds. The van der Waals surface area contributed by atoms with Crippen LogP contribution in [0.5, 0.6) is 11.5 Å². The molecule has 3 aromatic rings. The molecule has 2 heterocycles. The normalized spacial score (nSPS) is 13.9. The Balaban J connectivity index is 1.40. The number of carbonyl (C=O) groups is 1. The van der Waals surface area contributed by atoms with E-state index < -0.39 is 0 Å². The van der Waals surface area contributed by atoms with Crippen molar-refractivity contribution in [3.8, 4) is 23.0 Å². The van der Waals surface area contributed by atoms with Crippen molar-refractivity contribution in [2.24, 2.45) is 5.92 Å². The molecule has 32 heavy (non-hydrogen) atoms. The standard InChI is InChI=1S/C26H30N2O4/c1-18-6-5-12-27-23(18)16-22(29)15-21-17-32-26(28-21)20-9-10-24(30-2)25(14-20)31-13-11-19-7-3-4-8-19/h5-6,9-10,12,14,17,19H,3-4,7-8,11,13,15-16H2,1-2H3. The second kappa shape index (κ2) is 10.4. The number of nitrogens with zero attached hydrogens (tertiary/aromatic N) is 2. The fourth-order valence-corrected chi connectivity index (χ4v) is 4.23. The van der Waals surface area contributed by atoms with Crippen molar-refractivity contribution in [2.45, 2.75) is 51.9 Å². The van der Waals surface area contributed by atoms with Gasteiger partial charge in [-0.25, -0.2) is 4.98 Å². The van der Waals surface area contributed by atoms with Crippen molar-refractivity contribution in [1.29, 1.82) is 0 Å². The van der Waals surface area contributed by atoms with Gasteiger partial charge in [-0.3, -0.25) is 9.78 Å². The first-order chi connectivity index (χ1) is 15.6. The smallest absolute Gasteiger partial charge is 0.226 e. The van der Waals surface area contributed by atoms with Crippen molar-refractivity contribution in [3.63, 3.8) is 0 Å². The van der Waals surface area contributed by atoms with E-state index >= 15 is 0 Å². The topological polar surface area (TPSA) is 74.5 Å². The molecule has 1 aliphatic rings. The van der Waals surface area contributed by atoms with Crippen LogP contribution >= 0.6 is 0 Å². The zero-order chi connectivity index (χ0) is 22.3. The SMILES string of the molecule is COc1ccc(-c2nc(CC(=O)Cc3ncccc3C)co2)cc1OCCC1CCCC1. The van der Waals surface area contributed by atoms with E-state index in [1.165, 1.54) is 25.7 Å². The molecule has 168 valence electrons. The number of Topliss-reactive ketones (excluding diaryl/α,β-unsaturated/α-hetero) is 1. The first kappa shape index (κ1) is 22.1. The minimum atomic E-state index is 0.0531. The molecule has 1 fully saturated rings. The average molecular weight is 435 g/mol. The molecule has 0 saturated heterocycles. The predicted octanol–water partition coefficient (Wildman–Crippen LogP) is 5.37. The quantitative estimate of drug-likeness (QED) is 0.427. The Morgan fingerprint density at radius 1 is 1.16 bits per heavy atom. The number of hydrogen-bond donors (Lipinski definition) is 0. The number of benzene rings is 1. The molecule has 0 bridgehead atoms. The van der Waals surface area contributed by atoms with Crippen LogP contribution in [0.2, 0.25) is 0 Å². The van der Waals surface area contributed by atoms with Gasteiger partial charge in [-0.15, -0.1) is 0 Å². The zero-order valence-corrected chi connectivity index (χ0v) is 18.8. The lowest BCUT2D eigenvalue weighted by Crippen LogP contribution is -2.09. The predicted molar refractivity (Wildman–Crippen MR) is 122 cm³/mol. The number of pyridine rings is 1. The summed E-state index contributed by atoms with van der Waals surface area (Å²) in [5, 5.41) is 0. The van der Waals surface area contributed by atoms with Crippen molar-refractivity contribution in [3.05, 3.63) is 59.7 Å². The van der Waals surface area contributed by atoms with E-state index in [0.29, 0.717) is 29.7 Å². The van der Waals surface area contributed by atoms with Gasteiger partial charge in [0.1, 0.15) is 12.0 Å². The molecule has 0 unspecified atom stereocenters.